The van der Waals surface area contributed by atoms with Crippen LogP contribution < -0.4 is 0 Å². The van der Waals surface area contributed by atoms with Crippen molar-refractivity contribution in [1.29, 1.82) is 0 Å². The number of hydrogen-bond acceptors (Lipinski definition) is 2. The molecule has 0 aliphatic carbocycles. The van der Waals surface area contributed by atoms with Crippen molar-refractivity contribution in [1.82, 2.24) is 0 Å². The number of unbranched alkanes of at least 4 members (excludes halogenated alkanes) is 1. The van der Waals surface area contributed by atoms with Gasteiger partial charge in [-0.05, 0) is 38.5 Å². The third-order valence-electron chi connectivity index (χ3n) is 5.38. The summed E-state index contributed by atoms with van der Waals surface area (Å²) in [5, 5.41) is 19.4. The predicted octanol–water partition coefficient (Wildman–Crippen LogP) is 5.89. The van der Waals surface area contributed by atoms with E-state index >= 15 is 0 Å². The van der Waals surface area contributed by atoms with Crippen LogP contribution in [0.4, 0.5) is 0 Å². The van der Waals surface area contributed by atoms with Crippen molar-refractivity contribution < 1.29 is 19.8 Å². The average molecular weight is 343 g/mol. The van der Waals surface area contributed by atoms with Gasteiger partial charge >= 0.3 is 11.9 Å². The molecule has 24 heavy (non-hydrogen) atoms. The second-order valence-electron chi connectivity index (χ2n) is 7.38. The van der Waals surface area contributed by atoms with E-state index in [1.807, 2.05) is 27.7 Å². The molecule has 142 valence electrons. The zero-order valence-electron chi connectivity index (χ0n) is 16.2. The van der Waals surface area contributed by atoms with Gasteiger partial charge < -0.3 is 10.2 Å². The maximum absolute atomic E-state index is 11.8. The Labute approximate surface area is 148 Å². The molecule has 0 atom stereocenters. The molecule has 2 N–H and O–H groups in total. The molecule has 0 aromatic carbocycles. The van der Waals surface area contributed by atoms with Crippen molar-refractivity contribution in [2.24, 2.45) is 10.8 Å². The first kappa shape index (κ1) is 22.9. The third-order valence-corrected chi connectivity index (χ3v) is 5.38. The Morgan fingerprint density at radius 2 is 0.833 bits per heavy atom. The zero-order valence-corrected chi connectivity index (χ0v) is 16.2. The maximum atomic E-state index is 11.8. The molecule has 0 aliphatic rings. The van der Waals surface area contributed by atoms with Crippen molar-refractivity contribution in [2.75, 3.05) is 0 Å². The van der Waals surface area contributed by atoms with Crippen LogP contribution in [0.25, 0.3) is 0 Å². The molecule has 0 saturated heterocycles. The van der Waals surface area contributed by atoms with E-state index in [4.69, 9.17) is 0 Å². The van der Waals surface area contributed by atoms with Crippen LogP contribution in [0.5, 0.6) is 0 Å². The first-order chi connectivity index (χ1) is 11.3. The Kier molecular flexibility index (Phi) is 11.0. The largest absolute Gasteiger partial charge is 0.481 e. The lowest BCUT2D eigenvalue weighted by Crippen LogP contribution is -2.32. The Bertz CT molecular complexity index is 328. The van der Waals surface area contributed by atoms with Crippen molar-refractivity contribution >= 4 is 11.9 Å². The normalized spacial score (nSPS) is 12.3. The van der Waals surface area contributed by atoms with E-state index in [2.05, 4.69) is 0 Å². The van der Waals surface area contributed by atoms with E-state index in [0.717, 1.165) is 38.5 Å². The summed E-state index contributed by atoms with van der Waals surface area (Å²) in [7, 11) is 0. The van der Waals surface area contributed by atoms with Crippen LogP contribution in [0.3, 0.4) is 0 Å². The molecule has 0 radical (unpaired) electrons. The van der Waals surface area contributed by atoms with Crippen molar-refractivity contribution in [2.45, 2.75) is 105 Å². The van der Waals surface area contributed by atoms with Crippen LogP contribution in [0, 0.1) is 10.8 Å². The zero-order chi connectivity index (χ0) is 18.6. The number of aliphatic carboxylic acids is 2. The van der Waals surface area contributed by atoms with Crippen LogP contribution in [-0.2, 0) is 9.59 Å². The smallest absolute Gasteiger partial charge is 0.309 e. The lowest BCUT2D eigenvalue weighted by Gasteiger charge is -2.31. The second-order valence-corrected chi connectivity index (χ2v) is 7.38. The van der Waals surface area contributed by atoms with Gasteiger partial charge in [0.25, 0.3) is 0 Å². The fourth-order valence-corrected chi connectivity index (χ4v) is 4.23. The van der Waals surface area contributed by atoms with E-state index < -0.39 is 22.8 Å². The Morgan fingerprint density at radius 1 is 0.583 bits per heavy atom. The van der Waals surface area contributed by atoms with Gasteiger partial charge in [0.2, 0.25) is 0 Å². The molecule has 0 aromatic heterocycles. The molecule has 4 nitrogen and oxygen atoms in total. The topological polar surface area (TPSA) is 74.6 Å². The molecule has 0 spiro atoms. The molecule has 0 amide bonds. The fourth-order valence-electron chi connectivity index (χ4n) is 4.23. The van der Waals surface area contributed by atoms with Gasteiger partial charge in [-0.3, -0.25) is 9.59 Å². The SMILES string of the molecule is CCCC(CCC)(CCCCC(CCC)(CCC)C(=O)O)C(=O)O. The quantitative estimate of drug-likeness (QED) is 0.364. The van der Waals surface area contributed by atoms with Gasteiger partial charge in [-0.15, -0.1) is 0 Å². The molecule has 0 unspecified atom stereocenters. The third kappa shape index (κ3) is 6.45. The Hall–Kier alpha value is -1.06. The van der Waals surface area contributed by atoms with E-state index in [1.54, 1.807) is 0 Å². The van der Waals surface area contributed by atoms with E-state index in [0.29, 0.717) is 38.5 Å². The van der Waals surface area contributed by atoms with E-state index in [1.165, 1.54) is 0 Å². The summed E-state index contributed by atoms with van der Waals surface area (Å²) in [5.41, 5.74) is -1.24. The summed E-state index contributed by atoms with van der Waals surface area (Å²) < 4.78 is 0. The molecule has 0 bridgehead atoms. The fraction of sp³-hybridized carbons (Fsp3) is 0.900. The van der Waals surface area contributed by atoms with Crippen LogP contribution in [0.2, 0.25) is 0 Å². The number of rotatable bonds is 15. The van der Waals surface area contributed by atoms with Gasteiger partial charge in [-0.1, -0.05) is 66.2 Å². The molecule has 0 saturated carbocycles. The highest BCUT2D eigenvalue weighted by molar-refractivity contribution is 5.75. The first-order valence-electron chi connectivity index (χ1n) is 9.81. The minimum Gasteiger partial charge on any atom is -0.481 e. The summed E-state index contributed by atoms with van der Waals surface area (Å²) in [5.74, 6) is -1.37. The van der Waals surface area contributed by atoms with Crippen molar-refractivity contribution in [3.8, 4) is 0 Å². The number of hydrogen-bond donors (Lipinski definition) is 2. The molecule has 0 rings (SSSR count). The summed E-state index contributed by atoms with van der Waals surface area (Å²) >= 11 is 0. The van der Waals surface area contributed by atoms with Crippen molar-refractivity contribution in [3.63, 3.8) is 0 Å². The van der Waals surface area contributed by atoms with Gasteiger partial charge in [-0.25, -0.2) is 0 Å². The van der Waals surface area contributed by atoms with Gasteiger partial charge in [0.15, 0.2) is 0 Å². The van der Waals surface area contributed by atoms with Crippen LogP contribution in [0.1, 0.15) is 105 Å². The van der Waals surface area contributed by atoms with Crippen LogP contribution in [0.15, 0.2) is 0 Å². The van der Waals surface area contributed by atoms with Gasteiger partial charge in [0.1, 0.15) is 0 Å². The van der Waals surface area contributed by atoms with Gasteiger partial charge in [0.05, 0.1) is 10.8 Å². The molecule has 0 heterocycles. The Balaban J connectivity index is 4.84. The number of carbonyl (C=O) groups is 2. The molecular formula is C20H38O4. The molecule has 0 fully saturated rings. The van der Waals surface area contributed by atoms with Crippen LogP contribution >= 0.6 is 0 Å². The molecule has 0 aromatic rings. The summed E-state index contributed by atoms with van der Waals surface area (Å²) in [6.07, 6.45) is 9.27. The lowest BCUT2D eigenvalue weighted by atomic mass is 9.72. The molecule has 0 aliphatic heterocycles. The summed E-state index contributed by atoms with van der Waals surface area (Å²) in [6, 6.07) is 0. The highest BCUT2D eigenvalue weighted by Gasteiger charge is 2.38. The summed E-state index contributed by atoms with van der Waals surface area (Å²) in [6.45, 7) is 8.13. The number of carboxylic acids is 2. The maximum Gasteiger partial charge on any atom is 0.309 e. The molecule has 4 heteroatoms. The lowest BCUT2D eigenvalue weighted by molar-refractivity contribution is -0.152. The predicted molar refractivity (Wildman–Crippen MR) is 98.2 cm³/mol. The van der Waals surface area contributed by atoms with E-state index in [9.17, 15) is 19.8 Å². The second kappa shape index (κ2) is 11.5. The highest BCUT2D eigenvalue weighted by Crippen LogP contribution is 2.39. The van der Waals surface area contributed by atoms with E-state index in [-0.39, 0.29) is 0 Å². The summed E-state index contributed by atoms with van der Waals surface area (Å²) in [4.78, 5) is 23.6. The van der Waals surface area contributed by atoms with Gasteiger partial charge in [0, 0.05) is 0 Å². The minimum absolute atomic E-state index is 0.620. The monoisotopic (exact) mass is 342 g/mol. The number of carboxylic acid groups (broad SMARTS) is 2. The van der Waals surface area contributed by atoms with Crippen LogP contribution in [-0.4, -0.2) is 22.2 Å². The Morgan fingerprint density at radius 3 is 1.00 bits per heavy atom. The highest BCUT2D eigenvalue weighted by atomic mass is 16.4. The minimum atomic E-state index is -0.683. The van der Waals surface area contributed by atoms with Crippen molar-refractivity contribution in [3.05, 3.63) is 0 Å². The standard InChI is InChI=1S/C20H38O4/c1-5-11-19(12-6-2,17(21)22)15-9-10-16-20(13-7-3,14-8-4)18(23)24/h5-16H2,1-4H3,(H,21,22)(H,23,24). The van der Waals surface area contributed by atoms with Gasteiger partial charge in [-0.2, -0.15) is 0 Å². The molecular weight excluding hydrogens is 304 g/mol. The first-order valence-corrected chi connectivity index (χ1v) is 9.81. The average Bonchev–Trinajstić information content (AvgIpc) is 2.51.